The summed E-state index contributed by atoms with van der Waals surface area (Å²) >= 11 is 0. The summed E-state index contributed by atoms with van der Waals surface area (Å²) in [5.74, 6) is 0.633. The van der Waals surface area contributed by atoms with Crippen molar-refractivity contribution >= 4 is 27.4 Å². The Hall–Kier alpha value is -4.69. The zero-order valence-electron chi connectivity index (χ0n) is 20.2. The van der Waals surface area contributed by atoms with Crippen LogP contribution in [0.15, 0.2) is 138 Å². The molecule has 0 N–H and O–H groups in total. The van der Waals surface area contributed by atoms with E-state index in [-0.39, 0.29) is 12.1 Å². The summed E-state index contributed by atoms with van der Waals surface area (Å²) in [5.41, 5.74) is 5.35. The molecule has 0 amide bonds. The van der Waals surface area contributed by atoms with E-state index in [1.807, 2.05) is 18.2 Å². The third-order valence-electron chi connectivity index (χ3n) is 7.12. The molecule has 1 radical (unpaired) electrons. The quantitative estimate of drug-likeness (QED) is 0.234. The van der Waals surface area contributed by atoms with Gasteiger partial charge < -0.3 is 4.74 Å². The highest BCUT2D eigenvalue weighted by atomic mass is 16.5. The third-order valence-corrected chi connectivity index (χ3v) is 7.12. The van der Waals surface area contributed by atoms with Gasteiger partial charge in [-0.1, -0.05) is 121 Å². The molecule has 0 spiro atoms. The molecule has 0 bridgehead atoms. The van der Waals surface area contributed by atoms with Crippen LogP contribution in [0.3, 0.4) is 0 Å². The second kappa shape index (κ2) is 9.07. The molecule has 2 nitrogen and oxygen atoms in total. The molecule has 0 aromatic heterocycles. The van der Waals surface area contributed by atoms with Crippen LogP contribution in [0.2, 0.25) is 0 Å². The van der Waals surface area contributed by atoms with Gasteiger partial charge in [-0.15, -0.1) is 0 Å². The van der Waals surface area contributed by atoms with Gasteiger partial charge in [-0.05, 0) is 55.9 Å². The lowest BCUT2D eigenvalue weighted by Crippen LogP contribution is -2.09. The molecule has 37 heavy (non-hydrogen) atoms. The zero-order valence-corrected chi connectivity index (χ0v) is 20.2. The van der Waals surface area contributed by atoms with Crippen molar-refractivity contribution in [3.05, 3.63) is 156 Å². The van der Waals surface area contributed by atoms with Gasteiger partial charge in [0.1, 0.15) is 6.04 Å². The maximum absolute atomic E-state index is 6.59. The van der Waals surface area contributed by atoms with E-state index in [4.69, 9.17) is 9.73 Å². The lowest BCUT2D eigenvalue weighted by atomic mass is 9.91. The summed E-state index contributed by atoms with van der Waals surface area (Å²) in [4.78, 5) is 5.11. The first-order valence-electron chi connectivity index (χ1n) is 12.6. The number of benzene rings is 6. The molecule has 2 heteroatoms. The van der Waals surface area contributed by atoms with Crippen molar-refractivity contribution in [2.45, 2.75) is 12.1 Å². The Kier molecular flexibility index (Phi) is 5.29. The Morgan fingerprint density at radius 2 is 1.11 bits per heavy atom. The number of nitrogens with zero attached hydrogens (tertiary/aromatic N) is 1. The fourth-order valence-corrected chi connectivity index (χ4v) is 5.38. The first kappa shape index (κ1) is 21.6. The number of fused-ring (bicyclic) bond motifs is 2. The fourth-order valence-electron chi connectivity index (χ4n) is 5.38. The highest BCUT2D eigenvalue weighted by Gasteiger charge is 2.34. The topological polar surface area (TPSA) is 21.6 Å². The van der Waals surface area contributed by atoms with Crippen molar-refractivity contribution in [1.82, 2.24) is 0 Å². The first-order chi connectivity index (χ1) is 18.3. The molecule has 6 aromatic carbocycles. The molecular weight excluding hydrogens is 450 g/mol. The smallest absolute Gasteiger partial charge is 0.218 e. The normalized spacial score (nSPS) is 17.0. The summed E-state index contributed by atoms with van der Waals surface area (Å²) < 4.78 is 6.59. The van der Waals surface area contributed by atoms with Crippen LogP contribution in [0.5, 0.6) is 0 Å². The SMILES string of the molecule is [c]1c(C2=NC(c3ccccc3)C(c3ccccc3)O2)cccc1-c1c2ccccc2cc2ccccc12. The standard InChI is InChI=1S/C35H24NO/c1-3-12-24(13-4-1)33-34(25-14-5-2-6-15-25)37-35(36-33)29-19-11-18-28(23-29)32-30-20-9-7-16-26(30)22-27-17-8-10-21-31(27)32/h1-22,33-34H. The van der Waals surface area contributed by atoms with Gasteiger partial charge in [0, 0.05) is 11.6 Å². The molecule has 1 aliphatic heterocycles. The van der Waals surface area contributed by atoms with E-state index in [2.05, 4.69) is 121 Å². The van der Waals surface area contributed by atoms with E-state index in [1.165, 1.54) is 27.1 Å². The summed E-state index contributed by atoms with van der Waals surface area (Å²) in [6, 6.07) is 50.0. The van der Waals surface area contributed by atoms with Crippen LogP contribution in [-0.4, -0.2) is 5.90 Å². The Morgan fingerprint density at radius 3 is 1.78 bits per heavy atom. The minimum absolute atomic E-state index is 0.117. The predicted molar refractivity (Wildman–Crippen MR) is 152 cm³/mol. The summed E-state index contributed by atoms with van der Waals surface area (Å²) in [6.07, 6.45) is -0.186. The van der Waals surface area contributed by atoms with Crippen LogP contribution in [0.4, 0.5) is 0 Å². The van der Waals surface area contributed by atoms with Crippen LogP contribution < -0.4 is 0 Å². The summed E-state index contributed by atoms with van der Waals surface area (Å²) in [5, 5.41) is 4.87. The van der Waals surface area contributed by atoms with Gasteiger partial charge in [0.2, 0.25) is 5.90 Å². The van der Waals surface area contributed by atoms with Gasteiger partial charge in [-0.2, -0.15) is 0 Å². The van der Waals surface area contributed by atoms with Gasteiger partial charge in [0.25, 0.3) is 0 Å². The molecule has 175 valence electrons. The van der Waals surface area contributed by atoms with Crippen LogP contribution in [-0.2, 0) is 4.74 Å². The Morgan fingerprint density at radius 1 is 0.541 bits per heavy atom. The highest BCUT2D eigenvalue weighted by Crippen LogP contribution is 2.42. The van der Waals surface area contributed by atoms with Gasteiger partial charge >= 0.3 is 0 Å². The van der Waals surface area contributed by atoms with Gasteiger partial charge in [-0.3, -0.25) is 0 Å². The van der Waals surface area contributed by atoms with Gasteiger partial charge in [-0.25, -0.2) is 4.99 Å². The molecule has 0 aliphatic carbocycles. The molecule has 0 saturated carbocycles. The second-order valence-corrected chi connectivity index (χ2v) is 9.41. The minimum Gasteiger partial charge on any atom is -0.467 e. The van der Waals surface area contributed by atoms with Crippen molar-refractivity contribution in [2.75, 3.05) is 0 Å². The lowest BCUT2D eigenvalue weighted by molar-refractivity contribution is 0.197. The minimum atomic E-state index is -0.186. The number of ether oxygens (including phenoxy) is 1. The Labute approximate surface area is 216 Å². The van der Waals surface area contributed by atoms with Gasteiger partial charge in [0.15, 0.2) is 6.10 Å². The maximum Gasteiger partial charge on any atom is 0.218 e. The zero-order chi connectivity index (χ0) is 24.6. The molecule has 1 heterocycles. The van der Waals surface area contributed by atoms with Crippen molar-refractivity contribution < 1.29 is 4.74 Å². The van der Waals surface area contributed by atoms with E-state index < -0.39 is 0 Å². The van der Waals surface area contributed by atoms with Crippen molar-refractivity contribution in [3.8, 4) is 11.1 Å². The Bertz CT molecular complexity index is 1700. The monoisotopic (exact) mass is 474 g/mol. The molecule has 2 unspecified atom stereocenters. The number of rotatable bonds is 4. The molecule has 0 fully saturated rings. The number of aliphatic imine (C=N–C) groups is 1. The average molecular weight is 475 g/mol. The van der Waals surface area contributed by atoms with E-state index in [1.54, 1.807) is 0 Å². The summed E-state index contributed by atoms with van der Waals surface area (Å²) in [7, 11) is 0. The molecule has 1 aliphatic rings. The van der Waals surface area contributed by atoms with Crippen LogP contribution in [0.1, 0.15) is 28.8 Å². The Balaban J connectivity index is 1.37. The van der Waals surface area contributed by atoms with E-state index in [0.29, 0.717) is 5.90 Å². The van der Waals surface area contributed by atoms with E-state index >= 15 is 0 Å². The maximum atomic E-state index is 6.59. The van der Waals surface area contributed by atoms with E-state index in [9.17, 15) is 0 Å². The third kappa shape index (κ3) is 3.88. The van der Waals surface area contributed by atoms with Crippen molar-refractivity contribution in [3.63, 3.8) is 0 Å². The highest BCUT2D eigenvalue weighted by molar-refractivity contribution is 6.13. The second-order valence-electron chi connectivity index (χ2n) is 9.41. The van der Waals surface area contributed by atoms with Crippen molar-refractivity contribution in [1.29, 1.82) is 0 Å². The van der Waals surface area contributed by atoms with Crippen LogP contribution >= 0.6 is 0 Å². The average Bonchev–Trinajstić information content (AvgIpc) is 3.43. The molecular formula is C35H24NO. The number of hydrogen-bond acceptors (Lipinski definition) is 2. The van der Waals surface area contributed by atoms with Gasteiger partial charge in [0.05, 0.1) is 0 Å². The molecule has 6 aromatic rings. The first-order valence-corrected chi connectivity index (χ1v) is 12.6. The lowest BCUT2D eigenvalue weighted by Gasteiger charge is -2.18. The van der Waals surface area contributed by atoms with Crippen LogP contribution in [0, 0.1) is 6.07 Å². The summed E-state index contributed by atoms with van der Waals surface area (Å²) in [6.45, 7) is 0. The van der Waals surface area contributed by atoms with Crippen LogP contribution in [0.25, 0.3) is 32.7 Å². The predicted octanol–water partition coefficient (Wildman–Crippen LogP) is 8.72. The molecule has 2 atom stereocenters. The van der Waals surface area contributed by atoms with Crippen molar-refractivity contribution in [2.24, 2.45) is 4.99 Å². The number of hydrogen-bond donors (Lipinski definition) is 0. The van der Waals surface area contributed by atoms with E-state index in [0.717, 1.165) is 22.3 Å². The molecule has 7 rings (SSSR count). The molecule has 0 saturated heterocycles. The fraction of sp³-hybridized carbons (Fsp3) is 0.0571. The largest absolute Gasteiger partial charge is 0.467 e.